The highest BCUT2D eigenvalue weighted by molar-refractivity contribution is 5.04. The van der Waals surface area contributed by atoms with E-state index in [1.807, 2.05) is 25.4 Å². The van der Waals surface area contributed by atoms with Gasteiger partial charge in [-0.05, 0) is 13.0 Å². The molecule has 5 N–H and O–H groups in total. The lowest BCUT2D eigenvalue weighted by Crippen LogP contribution is -2.91. The molecule has 3 nitrogen and oxygen atoms in total. The van der Waals surface area contributed by atoms with Crippen LogP contribution in [0.3, 0.4) is 0 Å². The van der Waals surface area contributed by atoms with Gasteiger partial charge in [-0.3, -0.25) is 5.32 Å². The van der Waals surface area contributed by atoms with Gasteiger partial charge in [-0.25, -0.2) is 0 Å². The van der Waals surface area contributed by atoms with E-state index in [-0.39, 0.29) is 11.7 Å². The zero-order chi connectivity index (χ0) is 8.32. The maximum absolute atomic E-state index is 5.58. The summed E-state index contributed by atoms with van der Waals surface area (Å²) < 4.78 is 0. The van der Waals surface area contributed by atoms with Crippen LogP contribution >= 0.6 is 0 Å². The van der Waals surface area contributed by atoms with Crippen LogP contribution < -0.4 is 16.4 Å². The molecule has 0 saturated carbocycles. The van der Waals surface area contributed by atoms with Crippen LogP contribution in [0.15, 0.2) is 24.6 Å². The average molecular weight is 154 g/mol. The fourth-order valence-corrected chi connectivity index (χ4v) is 0.979. The first kappa shape index (κ1) is 8.30. The van der Waals surface area contributed by atoms with Gasteiger partial charge in [0.2, 0.25) is 0 Å². The van der Waals surface area contributed by atoms with Crippen LogP contribution in [-0.2, 0) is 0 Å². The van der Waals surface area contributed by atoms with Gasteiger partial charge < -0.3 is 11.1 Å². The Balaban J connectivity index is 2.47. The predicted octanol–water partition coefficient (Wildman–Crippen LogP) is -0.756. The van der Waals surface area contributed by atoms with E-state index >= 15 is 0 Å². The monoisotopic (exact) mass is 154 g/mol. The van der Waals surface area contributed by atoms with Crippen LogP contribution in [0.1, 0.15) is 13.8 Å². The van der Waals surface area contributed by atoms with Gasteiger partial charge in [-0.15, -0.1) is 0 Å². The van der Waals surface area contributed by atoms with Crippen molar-refractivity contribution in [3.05, 3.63) is 24.6 Å². The molecule has 1 rings (SSSR count). The zero-order valence-electron chi connectivity index (χ0n) is 7.04. The Morgan fingerprint density at radius 2 is 2.45 bits per heavy atom. The number of hydrogen-bond donors (Lipinski definition) is 3. The summed E-state index contributed by atoms with van der Waals surface area (Å²) in [5.41, 5.74) is 5.56. The first-order valence-electron chi connectivity index (χ1n) is 3.86. The average Bonchev–Trinajstić information content (AvgIpc) is 2.33. The molecule has 62 valence electrons. The van der Waals surface area contributed by atoms with E-state index in [0.717, 1.165) is 0 Å². The lowest BCUT2D eigenvalue weighted by atomic mass is 10.1. The molecule has 2 atom stereocenters. The second kappa shape index (κ2) is 3.07. The topological polar surface area (TPSA) is 54.7 Å². The maximum Gasteiger partial charge on any atom is 0.189 e. The van der Waals surface area contributed by atoms with Gasteiger partial charge in [0.15, 0.2) is 5.66 Å². The molecule has 0 radical (unpaired) electrons. The molecule has 3 heteroatoms. The van der Waals surface area contributed by atoms with E-state index in [1.54, 1.807) is 0 Å². The Morgan fingerprint density at radius 1 is 1.73 bits per heavy atom. The summed E-state index contributed by atoms with van der Waals surface area (Å²) in [6.45, 7) is 4.06. The van der Waals surface area contributed by atoms with Crippen LogP contribution in [0.5, 0.6) is 0 Å². The number of rotatable bonds is 2. The quantitative estimate of drug-likeness (QED) is 0.458. The highest BCUT2D eigenvalue weighted by atomic mass is 15.2. The Bertz CT molecular complexity index is 174. The number of nitrogens with two attached hydrogens (primary N) is 2. The van der Waals surface area contributed by atoms with Crippen molar-refractivity contribution in [3.8, 4) is 0 Å². The molecule has 0 saturated heterocycles. The Morgan fingerprint density at radius 3 is 2.91 bits per heavy atom. The molecule has 0 amide bonds. The Kier molecular flexibility index (Phi) is 2.31. The van der Waals surface area contributed by atoms with Crippen LogP contribution in [0.4, 0.5) is 0 Å². The van der Waals surface area contributed by atoms with Crippen molar-refractivity contribution in [2.45, 2.75) is 25.6 Å². The molecule has 0 aliphatic carbocycles. The third kappa shape index (κ3) is 2.37. The second-order valence-corrected chi connectivity index (χ2v) is 3.17. The van der Waals surface area contributed by atoms with Crippen LogP contribution in [0, 0.1) is 0 Å². The summed E-state index contributed by atoms with van der Waals surface area (Å²) in [6.07, 6.45) is 8.02. The minimum atomic E-state index is -0.0202. The van der Waals surface area contributed by atoms with Crippen molar-refractivity contribution < 1.29 is 5.32 Å². The molecule has 0 spiro atoms. The summed E-state index contributed by atoms with van der Waals surface area (Å²) in [4.78, 5) is 0. The van der Waals surface area contributed by atoms with Crippen molar-refractivity contribution in [1.29, 1.82) is 0 Å². The largest absolute Gasteiger partial charge is 0.332 e. The molecule has 0 fully saturated rings. The summed E-state index contributed by atoms with van der Waals surface area (Å²) >= 11 is 0. The minimum Gasteiger partial charge on any atom is -0.332 e. The van der Waals surface area contributed by atoms with Crippen molar-refractivity contribution in [2.75, 3.05) is 0 Å². The minimum absolute atomic E-state index is 0.0202. The van der Waals surface area contributed by atoms with E-state index in [1.165, 1.54) is 0 Å². The van der Waals surface area contributed by atoms with Crippen LogP contribution in [0.25, 0.3) is 0 Å². The van der Waals surface area contributed by atoms with Crippen molar-refractivity contribution in [2.24, 2.45) is 5.73 Å². The first-order chi connectivity index (χ1) is 5.12. The molecular weight excluding hydrogens is 138 g/mol. The number of nitrogens with one attached hydrogen (secondary N) is 1. The van der Waals surface area contributed by atoms with E-state index in [2.05, 4.69) is 23.6 Å². The second-order valence-electron chi connectivity index (χ2n) is 3.17. The standard InChI is InChI=1S/C8H15N3/c1-7(9)3-4-8(2)10-5-6-11-8/h3-7,10-11H,9H2,1-2H3/p+1. The van der Waals surface area contributed by atoms with Gasteiger partial charge in [0.25, 0.3) is 0 Å². The van der Waals surface area contributed by atoms with Gasteiger partial charge in [0.05, 0.1) is 6.20 Å². The van der Waals surface area contributed by atoms with Crippen molar-refractivity contribution >= 4 is 0 Å². The third-order valence-corrected chi connectivity index (χ3v) is 1.68. The molecule has 2 unspecified atom stereocenters. The highest BCUT2D eigenvalue weighted by Crippen LogP contribution is 1.98. The highest BCUT2D eigenvalue weighted by Gasteiger charge is 2.24. The lowest BCUT2D eigenvalue weighted by molar-refractivity contribution is -0.647. The van der Waals surface area contributed by atoms with Crippen LogP contribution in [0.2, 0.25) is 0 Å². The fraction of sp³-hybridized carbons (Fsp3) is 0.500. The molecule has 0 aromatic rings. The molecule has 1 heterocycles. The smallest absolute Gasteiger partial charge is 0.189 e. The van der Waals surface area contributed by atoms with E-state index < -0.39 is 0 Å². The lowest BCUT2D eigenvalue weighted by Gasteiger charge is -2.16. The summed E-state index contributed by atoms with van der Waals surface area (Å²) in [5, 5.41) is 5.31. The SMILES string of the molecule is CC(N)C=CC1(C)NC=C[NH2+]1. The summed E-state index contributed by atoms with van der Waals surface area (Å²) in [7, 11) is 0. The molecule has 0 aromatic heterocycles. The molecule has 11 heavy (non-hydrogen) atoms. The maximum atomic E-state index is 5.58. The summed E-state index contributed by atoms with van der Waals surface area (Å²) in [6, 6.07) is 0.127. The summed E-state index contributed by atoms with van der Waals surface area (Å²) in [5.74, 6) is 0. The van der Waals surface area contributed by atoms with Gasteiger partial charge in [0.1, 0.15) is 6.20 Å². The van der Waals surface area contributed by atoms with E-state index in [9.17, 15) is 0 Å². The van der Waals surface area contributed by atoms with Crippen molar-refractivity contribution in [1.82, 2.24) is 5.32 Å². The zero-order valence-corrected chi connectivity index (χ0v) is 7.04. The first-order valence-corrected chi connectivity index (χ1v) is 3.86. The normalized spacial score (nSPS) is 32.6. The van der Waals surface area contributed by atoms with E-state index in [0.29, 0.717) is 0 Å². The van der Waals surface area contributed by atoms with Gasteiger partial charge in [-0.2, -0.15) is 0 Å². The van der Waals surface area contributed by atoms with E-state index in [4.69, 9.17) is 5.73 Å². The van der Waals surface area contributed by atoms with Crippen molar-refractivity contribution in [3.63, 3.8) is 0 Å². The van der Waals surface area contributed by atoms with Gasteiger partial charge in [0, 0.05) is 13.0 Å². The molecule has 1 aliphatic rings. The molecule has 1 aliphatic heterocycles. The third-order valence-electron chi connectivity index (χ3n) is 1.68. The van der Waals surface area contributed by atoms with Gasteiger partial charge >= 0.3 is 0 Å². The van der Waals surface area contributed by atoms with Crippen LogP contribution in [-0.4, -0.2) is 11.7 Å². The van der Waals surface area contributed by atoms with Gasteiger partial charge in [-0.1, -0.05) is 6.08 Å². The number of quaternary nitrogens is 1. The molecule has 0 aromatic carbocycles. The Labute approximate surface area is 67.3 Å². The fourth-order valence-electron chi connectivity index (χ4n) is 0.979. The molecular formula is C8H16N3+. The molecule has 0 bridgehead atoms. The predicted molar refractivity (Wildman–Crippen MR) is 45.4 cm³/mol. The number of hydrogen-bond acceptors (Lipinski definition) is 2. The Hall–Kier alpha value is -0.800.